The first kappa shape index (κ1) is 6.74. The molecule has 0 aliphatic carbocycles. The largest absolute Gasteiger partial charge is 0.348 e. The minimum atomic E-state index is -0.303. The van der Waals surface area contributed by atoms with Crippen LogP contribution in [0.3, 0.4) is 0 Å². The van der Waals surface area contributed by atoms with Gasteiger partial charge in [0.05, 0.1) is 0 Å². The number of hydrogen-bond acceptors (Lipinski definition) is 4. The Morgan fingerprint density at radius 3 is 2.71 bits per heavy atom. The molecule has 0 spiro atoms. The van der Waals surface area contributed by atoms with Gasteiger partial charge in [0.15, 0.2) is 0 Å². The quantitative estimate of drug-likeness (QED) is 0.375. The molecule has 0 atom stereocenters. The van der Waals surface area contributed by atoms with Gasteiger partial charge < -0.3 is 5.32 Å². The summed E-state index contributed by atoms with van der Waals surface area (Å²) in [6.45, 7) is 0. The average Bonchev–Trinajstić information content (AvgIpc) is 1.68. The second kappa shape index (κ2) is 3.91. The van der Waals surface area contributed by atoms with Crippen LogP contribution in [0.1, 0.15) is 0 Å². The molecule has 0 fully saturated rings. The van der Waals surface area contributed by atoms with Gasteiger partial charge in [-0.15, -0.1) is 0 Å². The predicted molar refractivity (Wildman–Crippen MR) is 27.3 cm³/mol. The molecule has 4 nitrogen and oxygen atoms in total. The molecule has 0 unspecified atom stereocenters. The Labute approximate surface area is 45.6 Å². The lowest BCUT2D eigenvalue weighted by molar-refractivity contribution is 0.259. The summed E-state index contributed by atoms with van der Waals surface area (Å²) in [5.74, 6) is 4.51. The van der Waals surface area contributed by atoms with Gasteiger partial charge in [0.1, 0.15) is 12.0 Å². The van der Waals surface area contributed by atoms with E-state index in [1.165, 1.54) is 7.05 Å². The fraction of sp³-hybridized carbons (Fsp3) is 0.500. The third-order valence-corrected chi connectivity index (χ3v) is 0.780. The Balaban J connectivity index is 3.00. The highest BCUT2D eigenvalue weighted by atomic mass is 32.2. The number of rotatable bonds is 1. The van der Waals surface area contributed by atoms with Crippen molar-refractivity contribution in [2.45, 2.75) is 0 Å². The highest BCUT2D eigenvalue weighted by molar-refractivity contribution is 8.09. The third kappa shape index (κ3) is 3.57. The first-order valence-electron chi connectivity index (χ1n) is 1.56. The molecule has 0 heterocycles. The number of amides is 1. The Bertz CT molecular complexity index is 66.7. The van der Waals surface area contributed by atoms with Gasteiger partial charge in [-0.2, -0.15) is 0 Å². The maximum Gasteiger partial charge on any atom is 0.307 e. The number of nitrogens with two attached hydrogens (primary N) is 1. The zero-order valence-electron chi connectivity index (χ0n) is 3.80. The van der Waals surface area contributed by atoms with E-state index in [2.05, 4.69) is 15.5 Å². The van der Waals surface area contributed by atoms with E-state index in [1.807, 2.05) is 0 Å². The Morgan fingerprint density at radius 2 is 2.57 bits per heavy atom. The second-order valence-electron chi connectivity index (χ2n) is 0.717. The van der Waals surface area contributed by atoms with Crippen molar-refractivity contribution in [2.75, 3.05) is 7.05 Å². The van der Waals surface area contributed by atoms with Crippen molar-refractivity contribution in [3.05, 3.63) is 0 Å². The molecule has 1 amide bonds. The molecule has 0 radical (unpaired) electrons. The van der Waals surface area contributed by atoms with E-state index in [0.29, 0.717) is 12.0 Å². The van der Waals surface area contributed by atoms with Crippen LogP contribution in [0, 0.1) is 0 Å². The van der Waals surface area contributed by atoms with Gasteiger partial charge in [0, 0.05) is 7.05 Å². The molecule has 5 heteroatoms. The molecule has 0 rings (SSSR count). The van der Waals surface area contributed by atoms with Gasteiger partial charge >= 0.3 is 5.24 Å². The first-order chi connectivity index (χ1) is 3.31. The van der Waals surface area contributed by atoms with Crippen molar-refractivity contribution in [3.63, 3.8) is 0 Å². The van der Waals surface area contributed by atoms with Gasteiger partial charge in [-0.05, 0) is 0 Å². The first-order valence-corrected chi connectivity index (χ1v) is 2.30. The third-order valence-electron chi connectivity index (χ3n) is 0.328. The van der Waals surface area contributed by atoms with Crippen molar-refractivity contribution < 1.29 is 9.08 Å². The summed E-state index contributed by atoms with van der Waals surface area (Å²) >= 11 is 0.559. The summed E-state index contributed by atoms with van der Waals surface area (Å²) in [6, 6.07) is 0. The Kier molecular flexibility index (Phi) is 3.77. The molecule has 0 aromatic rings. The molecular weight excluding hydrogens is 116 g/mol. The molecule has 0 aromatic heterocycles. The van der Waals surface area contributed by atoms with Crippen molar-refractivity contribution in [1.82, 2.24) is 5.32 Å². The Hall–Kier alpha value is -0.260. The monoisotopic (exact) mass is 122 g/mol. The zero-order valence-corrected chi connectivity index (χ0v) is 4.62. The van der Waals surface area contributed by atoms with Crippen LogP contribution in [0.15, 0.2) is 0 Å². The van der Waals surface area contributed by atoms with E-state index in [-0.39, 0.29) is 5.24 Å². The molecule has 42 valence electrons. The standard InChI is InChI=1S/C2H6N2O2S/c1-4-2(5)7-6-3/h3H2,1H3,(H,4,5). The van der Waals surface area contributed by atoms with Crippen LogP contribution < -0.4 is 11.2 Å². The second-order valence-corrected chi connectivity index (χ2v) is 1.45. The molecule has 0 bridgehead atoms. The number of carbonyl (C=O) groups is 1. The van der Waals surface area contributed by atoms with Crippen molar-refractivity contribution >= 4 is 17.3 Å². The van der Waals surface area contributed by atoms with Gasteiger partial charge in [0.2, 0.25) is 0 Å². The van der Waals surface area contributed by atoms with Gasteiger partial charge in [-0.1, -0.05) is 0 Å². The lowest BCUT2D eigenvalue weighted by Crippen LogP contribution is -2.12. The molecule has 0 saturated carbocycles. The van der Waals surface area contributed by atoms with Crippen LogP contribution >= 0.6 is 12.0 Å². The topological polar surface area (TPSA) is 64.3 Å². The van der Waals surface area contributed by atoms with Crippen molar-refractivity contribution in [3.8, 4) is 0 Å². The summed E-state index contributed by atoms with van der Waals surface area (Å²) in [6.07, 6.45) is 0. The van der Waals surface area contributed by atoms with E-state index in [4.69, 9.17) is 0 Å². The van der Waals surface area contributed by atoms with E-state index in [1.54, 1.807) is 0 Å². The van der Waals surface area contributed by atoms with Gasteiger partial charge in [-0.25, -0.2) is 10.2 Å². The normalized spacial score (nSPS) is 8.29. The maximum absolute atomic E-state index is 10.1. The summed E-state index contributed by atoms with van der Waals surface area (Å²) in [5, 5.41) is 1.98. The lowest BCUT2D eigenvalue weighted by atomic mass is 11.2. The van der Waals surface area contributed by atoms with Crippen LogP contribution in [0.4, 0.5) is 4.79 Å². The summed E-state index contributed by atoms with van der Waals surface area (Å²) in [5.41, 5.74) is 0. The molecular formula is C2H6N2O2S. The molecule has 7 heavy (non-hydrogen) atoms. The molecule has 0 saturated heterocycles. The Morgan fingerprint density at radius 1 is 2.00 bits per heavy atom. The zero-order chi connectivity index (χ0) is 5.70. The number of hydrogen-bond donors (Lipinski definition) is 2. The van der Waals surface area contributed by atoms with Gasteiger partial charge in [-0.3, -0.25) is 4.79 Å². The number of nitrogens with one attached hydrogen (secondary N) is 1. The summed E-state index contributed by atoms with van der Waals surface area (Å²) < 4.78 is 3.90. The minimum absolute atomic E-state index is 0.303. The van der Waals surface area contributed by atoms with Crippen LogP contribution in [0.2, 0.25) is 0 Å². The molecule has 0 aliphatic heterocycles. The molecule has 3 N–H and O–H groups in total. The fourth-order valence-corrected chi connectivity index (χ4v) is 0.256. The SMILES string of the molecule is CNC(=O)SON. The highest BCUT2D eigenvalue weighted by Gasteiger charge is 1.93. The summed E-state index contributed by atoms with van der Waals surface area (Å²) in [7, 11) is 1.49. The van der Waals surface area contributed by atoms with Crippen LogP contribution in [0.25, 0.3) is 0 Å². The van der Waals surface area contributed by atoms with E-state index in [0.717, 1.165) is 0 Å². The predicted octanol–water partition coefficient (Wildman–Crippen LogP) is -0.136. The summed E-state index contributed by atoms with van der Waals surface area (Å²) in [4.78, 5) is 10.1. The van der Waals surface area contributed by atoms with E-state index < -0.39 is 0 Å². The van der Waals surface area contributed by atoms with Gasteiger partial charge in [0.25, 0.3) is 0 Å². The minimum Gasteiger partial charge on any atom is -0.348 e. The van der Waals surface area contributed by atoms with E-state index in [9.17, 15) is 4.79 Å². The smallest absolute Gasteiger partial charge is 0.307 e. The lowest BCUT2D eigenvalue weighted by Gasteiger charge is -1.90. The van der Waals surface area contributed by atoms with Crippen molar-refractivity contribution in [1.29, 1.82) is 0 Å². The molecule has 0 aliphatic rings. The number of carbonyl (C=O) groups excluding carboxylic acids is 1. The maximum atomic E-state index is 10.1. The molecule has 0 aromatic carbocycles. The van der Waals surface area contributed by atoms with Crippen LogP contribution in [-0.4, -0.2) is 12.3 Å². The fourth-order valence-electron chi connectivity index (χ4n) is 0.0854. The highest BCUT2D eigenvalue weighted by Crippen LogP contribution is 1.95. The van der Waals surface area contributed by atoms with Crippen LogP contribution in [-0.2, 0) is 4.28 Å². The van der Waals surface area contributed by atoms with Crippen LogP contribution in [0.5, 0.6) is 0 Å². The average molecular weight is 122 g/mol. The van der Waals surface area contributed by atoms with Crippen molar-refractivity contribution in [2.24, 2.45) is 5.90 Å². The van der Waals surface area contributed by atoms with E-state index >= 15 is 0 Å².